The van der Waals surface area contributed by atoms with Crippen molar-refractivity contribution in [3.63, 3.8) is 0 Å². The smallest absolute Gasteiger partial charge is 0.226 e. The number of hydrogen-bond donors (Lipinski definition) is 0. The fourth-order valence-corrected chi connectivity index (χ4v) is 1.68. The first-order valence-corrected chi connectivity index (χ1v) is 5.55. The molecule has 1 aliphatic heterocycles. The molecule has 0 aromatic heterocycles. The van der Waals surface area contributed by atoms with Gasteiger partial charge in [-0.25, -0.2) is 0 Å². The van der Waals surface area contributed by atoms with Gasteiger partial charge in [0.25, 0.3) is 0 Å². The Bertz CT molecular complexity index is 278. The van der Waals surface area contributed by atoms with Gasteiger partial charge in [0.15, 0.2) is 5.78 Å². The Morgan fingerprint density at radius 3 is 2.27 bits per heavy atom. The lowest BCUT2D eigenvalue weighted by atomic mass is 9.90. The molecule has 3 heteroatoms. The Labute approximate surface area is 91.8 Å². The van der Waals surface area contributed by atoms with Gasteiger partial charge in [-0.2, -0.15) is 0 Å². The van der Waals surface area contributed by atoms with Crippen LogP contribution in [0.4, 0.5) is 0 Å². The van der Waals surface area contributed by atoms with Crippen LogP contribution in [0.2, 0.25) is 0 Å². The minimum absolute atomic E-state index is 0.0674. The number of hydrogen-bond acceptors (Lipinski definition) is 2. The average Bonchev–Trinajstić information content (AvgIpc) is 2.32. The number of amides is 1. The fraction of sp³-hybridized carbons (Fsp3) is 0.833. The number of Topliss-reactive ketones (excluding diaryl/α,β-unsaturated/α-hetero) is 1. The molecule has 3 nitrogen and oxygen atoms in total. The lowest BCUT2D eigenvalue weighted by Gasteiger charge is -2.22. The van der Waals surface area contributed by atoms with E-state index in [9.17, 15) is 9.59 Å². The maximum absolute atomic E-state index is 11.8. The molecule has 1 aliphatic rings. The van der Waals surface area contributed by atoms with Gasteiger partial charge in [-0.05, 0) is 5.92 Å². The Morgan fingerprint density at radius 1 is 1.40 bits per heavy atom. The zero-order chi connectivity index (χ0) is 11.8. The highest BCUT2D eigenvalue weighted by molar-refractivity contribution is 5.90. The molecule has 0 N–H and O–H groups in total. The predicted molar refractivity (Wildman–Crippen MR) is 59.4 cm³/mol. The van der Waals surface area contributed by atoms with Gasteiger partial charge >= 0.3 is 0 Å². The number of carbonyl (C=O) groups is 2. The van der Waals surface area contributed by atoms with Crippen molar-refractivity contribution in [1.29, 1.82) is 0 Å². The van der Waals surface area contributed by atoms with E-state index >= 15 is 0 Å². The second-order valence-electron chi connectivity index (χ2n) is 5.66. The summed E-state index contributed by atoms with van der Waals surface area (Å²) >= 11 is 0. The van der Waals surface area contributed by atoms with Crippen LogP contribution in [0.15, 0.2) is 0 Å². The van der Waals surface area contributed by atoms with Crippen LogP contribution >= 0.6 is 0 Å². The van der Waals surface area contributed by atoms with Gasteiger partial charge in [0.2, 0.25) is 5.91 Å². The third-order valence-corrected chi connectivity index (χ3v) is 3.23. The van der Waals surface area contributed by atoms with Gasteiger partial charge in [0.05, 0.1) is 6.54 Å². The highest BCUT2D eigenvalue weighted by atomic mass is 16.2. The first kappa shape index (κ1) is 12.2. The van der Waals surface area contributed by atoms with E-state index in [1.54, 1.807) is 4.90 Å². The lowest BCUT2D eigenvalue weighted by molar-refractivity contribution is -0.136. The normalized spacial score (nSPS) is 27.3. The minimum atomic E-state index is -0.352. The molecule has 0 spiro atoms. The summed E-state index contributed by atoms with van der Waals surface area (Å²) in [7, 11) is 0. The van der Waals surface area contributed by atoms with Crippen LogP contribution in [0.5, 0.6) is 0 Å². The predicted octanol–water partition coefficient (Wildman–Crippen LogP) is 1.72. The third kappa shape index (κ3) is 2.58. The molecule has 1 saturated heterocycles. The minimum Gasteiger partial charge on any atom is -0.335 e. The van der Waals surface area contributed by atoms with E-state index < -0.39 is 0 Å². The van der Waals surface area contributed by atoms with E-state index in [2.05, 4.69) is 6.92 Å². The van der Waals surface area contributed by atoms with E-state index in [-0.39, 0.29) is 29.6 Å². The maximum atomic E-state index is 11.8. The Morgan fingerprint density at radius 2 is 1.93 bits per heavy atom. The monoisotopic (exact) mass is 211 g/mol. The summed E-state index contributed by atoms with van der Waals surface area (Å²) in [5, 5.41) is 0. The van der Waals surface area contributed by atoms with Gasteiger partial charge in [0, 0.05) is 17.9 Å². The third-order valence-electron chi connectivity index (χ3n) is 3.23. The van der Waals surface area contributed by atoms with E-state index in [0.29, 0.717) is 5.92 Å². The SMILES string of the molecule is CC1CN(CC(=O)C(C)(C)C)C(=O)C1C. The molecular formula is C12H21NO2. The second-order valence-corrected chi connectivity index (χ2v) is 5.66. The molecule has 1 rings (SSSR count). The van der Waals surface area contributed by atoms with Crippen molar-refractivity contribution in [2.45, 2.75) is 34.6 Å². The number of ketones is 1. The molecule has 2 unspecified atom stereocenters. The van der Waals surface area contributed by atoms with E-state index in [1.165, 1.54) is 0 Å². The fourth-order valence-electron chi connectivity index (χ4n) is 1.68. The van der Waals surface area contributed by atoms with Crippen molar-refractivity contribution in [3.05, 3.63) is 0 Å². The summed E-state index contributed by atoms with van der Waals surface area (Å²) in [4.78, 5) is 25.2. The van der Waals surface area contributed by atoms with Gasteiger partial charge in [-0.15, -0.1) is 0 Å². The molecule has 0 aromatic rings. The Balaban J connectivity index is 2.62. The van der Waals surface area contributed by atoms with Crippen LogP contribution < -0.4 is 0 Å². The largest absolute Gasteiger partial charge is 0.335 e. The van der Waals surface area contributed by atoms with Crippen molar-refractivity contribution >= 4 is 11.7 Å². The second kappa shape index (κ2) is 3.95. The topological polar surface area (TPSA) is 37.4 Å². The lowest BCUT2D eigenvalue weighted by Crippen LogP contribution is -2.37. The molecular weight excluding hydrogens is 190 g/mol. The van der Waals surface area contributed by atoms with Gasteiger partial charge in [-0.1, -0.05) is 34.6 Å². The molecule has 15 heavy (non-hydrogen) atoms. The summed E-state index contributed by atoms with van der Waals surface area (Å²) in [6.07, 6.45) is 0. The molecule has 2 atom stereocenters. The number of carbonyl (C=O) groups excluding carboxylic acids is 2. The summed E-state index contributed by atoms with van der Waals surface area (Å²) < 4.78 is 0. The summed E-state index contributed by atoms with van der Waals surface area (Å²) in [5.74, 6) is 0.695. The first-order chi connectivity index (χ1) is 6.73. The van der Waals surface area contributed by atoms with Crippen LogP contribution in [-0.2, 0) is 9.59 Å². The molecule has 1 amide bonds. The quantitative estimate of drug-likeness (QED) is 0.697. The van der Waals surface area contributed by atoms with Gasteiger partial charge < -0.3 is 4.90 Å². The van der Waals surface area contributed by atoms with E-state index in [4.69, 9.17) is 0 Å². The number of likely N-dealkylation sites (tertiary alicyclic amines) is 1. The van der Waals surface area contributed by atoms with Crippen LogP contribution in [0.25, 0.3) is 0 Å². The van der Waals surface area contributed by atoms with Crippen molar-refractivity contribution < 1.29 is 9.59 Å². The molecule has 86 valence electrons. The first-order valence-electron chi connectivity index (χ1n) is 5.55. The van der Waals surface area contributed by atoms with Crippen molar-refractivity contribution in [1.82, 2.24) is 4.90 Å². The number of rotatable bonds is 2. The molecule has 0 radical (unpaired) electrons. The summed E-state index contributed by atoms with van der Waals surface area (Å²) in [5.41, 5.74) is -0.352. The van der Waals surface area contributed by atoms with Crippen molar-refractivity contribution in [2.75, 3.05) is 13.1 Å². The molecule has 0 saturated carbocycles. The van der Waals surface area contributed by atoms with E-state index in [0.717, 1.165) is 6.54 Å². The van der Waals surface area contributed by atoms with Crippen LogP contribution in [0.3, 0.4) is 0 Å². The van der Waals surface area contributed by atoms with Gasteiger partial charge in [-0.3, -0.25) is 9.59 Å². The van der Waals surface area contributed by atoms with E-state index in [1.807, 2.05) is 27.7 Å². The van der Waals surface area contributed by atoms with Crippen molar-refractivity contribution in [2.24, 2.45) is 17.3 Å². The Kier molecular flexibility index (Phi) is 3.22. The Hall–Kier alpha value is -0.860. The number of nitrogens with zero attached hydrogens (tertiary/aromatic N) is 1. The maximum Gasteiger partial charge on any atom is 0.226 e. The standard InChI is InChI=1S/C12H21NO2/c1-8-6-13(11(15)9(8)2)7-10(14)12(3,4)5/h8-9H,6-7H2,1-5H3. The van der Waals surface area contributed by atoms with Crippen LogP contribution in [0, 0.1) is 17.3 Å². The van der Waals surface area contributed by atoms with Crippen LogP contribution in [0.1, 0.15) is 34.6 Å². The summed E-state index contributed by atoms with van der Waals surface area (Å²) in [6.45, 7) is 10.7. The van der Waals surface area contributed by atoms with Gasteiger partial charge in [0.1, 0.15) is 0 Å². The molecule has 1 fully saturated rings. The van der Waals surface area contributed by atoms with Crippen molar-refractivity contribution in [3.8, 4) is 0 Å². The highest BCUT2D eigenvalue weighted by Crippen LogP contribution is 2.25. The zero-order valence-electron chi connectivity index (χ0n) is 10.3. The molecule has 1 heterocycles. The average molecular weight is 211 g/mol. The molecule has 0 aliphatic carbocycles. The summed E-state index contributed by atoms with van der Waals surface area (Å²) in [6, 6.07) is 0. The zero-order valence-corrected chi connectivity index (χ0v) is 10.3. The molecule has 0 aromatic carbocycles. The van der Waals surface area contributed by atoms with Crippen LogP contribution in [-0.4, -0.2) is 29.7 Å². The molecule has 0 bridgehead atoms. The highest BCUT2D eigenvalue weighted by Gasteiger charge is 2.36.